The number of hydrogen-bond donors (Lipinski definition) is 3. The molecule has 26 heavy (non-hydrogen) atoms. The van der Waals surface area contributed by atoms with Gasteiger partial charge in [0.1, 0.15) is 17.5 Å². The predicted octanol–water partition coefficient (Wildman–Crippen LogP) is 0.924. The third-order valence-electron chi connectivity index (χ3n) is 3.49. The molecular formula is C17H15I2NO6. The summed E-state index contributed by atoms with van der Waals surface area (Å²) < 4.78 is 7.39. The second-order valence-corrected chi connectivity index (χ2v) is 7.90. The van der Waals surface area contributed by atoms with Crippen LogP contribution < -0.4 is 15.6 Å². The number of carboxylic acid groups (broad SMARTS) is 2. The van der Waals surface area contributed by atoms with Crippen LogP contribution in [0, 0.1) is 7.14 Å². The third-order valence-corrected chi connectivity index (χ3v) is 5.09. The van der Waals surface area contributed by atoms with Crippen LogP contribution in [0.5, 0.6) is 17.2 Å². The second-order valence-electron chi connectivity index (χ2n) is 5.57. The van der Waals surface area contributed by atoms with Crippen molar-refractivity contribution >= 4 is 57.1 Å². The topological polar surface area (TPSA) is 135 Å². The molecule has 7 nitrogen and oxygen atoms in total. The maximum atomic E-state index is 10.9. The zero-order valence-electron chi connectivity index (χ0n) is 13.4. The average Bonchev–Trinajstić information content (AvgIpc) is 2.53. The highest BCUT2D eigenvalue weighted by atomic mass is 127. The maximum Gasteiger partial charge on any atom is 0.307 e. The summed E-state index contributed by atoms with van der Waals surface area (Å²) in [6, 6.07) is 7.17. The van der Waals surface area contributed by atoms with E-state index in [4.69, 9.17) is 9.84 Å². The van der Waals surface area contributed by atoms with Crippen molar-refractivity contribution in [3.05, 3.63) is 48.6 Å². The first-order valence-corrected chi connectivity index (χ1v) is 9.56. The van der Waals surface area contributed by atoms with Gasteiger partial charge in [-0.25, -0.2) is 0 Å². The number of halogens is 2. The van der Waals surface area contributed by atoms with E-state index in [1.165, 1.54) is 12.1 Å². The van der Waals surface area contributed by atoms with Crippen molar-refractivity contribution in [2.24, 2.45) is 0 Å². The van der Waals surface area contributed by atoms with Crippen molar-refractivity contribution < 1.29 is 35.4 Å². The number of ether oxygens (including phenoxy) is 1. The number of phenols is 1. The van der Waals surface area contributed by atoms with Crippen LogP contribution in [0.2, 0.25) is 0 Å². The van der Waals surface area contributed by atoms with E-state index in [1.54, 1.807) is 18.2 Å². The predicted molar refractivity (Wildman–Crippen MR) is 107 cm³/mol. The number of carbonyl (C=O) groups excluding carboxylic acids is 1. The Labute approximate surface area is 176 Å². The number of carbonyl (C=O) groups is 2. The Balaban J connectivity index is 2.27. The normalized spacial score (nSPS) is 11.8. The molecule has 5 N–H and O–H groups in total. The summed E-state index contributed by atoms with van der Waals surface area (Å²) in [5, 5.41) is 29.5. The molecule has 0 radical (unpaired) electrons. The fourth-order valence-corrected chi connectivity index (χ4v) is 4.36. The van der Waals surface area contributed by atoms with E-state index in [0.717, 1.165) is 12.7 Å². The monoisotopic (exact) mass is 583 g/mol. The Bertz CT molecular complexity index is 832. The van der Waals surface area contributed by atoms with E-state index < -0.39 is 18.0 Å². The zero-order valence-corrected chi connectivity index (χ0v) is 17.7. The van der Waals surface area contributed by atoms with Crippen molar-refractivity contribution in [2.45, 2.75) is 18.9 Å². The van der Waals surface area contributed by atoms with Crippen LogP contribution in [-0.4, -0.2) is 28.2 Å². The van der Waals surface area contributed by atoms with E-state index in [2.05, 4.69) is 50.9 Å². The van der Waals surface area contributed by atoms with Gasteiger partial charge in [-0.2, -0.15) is 0 Å². The molecule has 0 aliphatic heterocycles. The Morgan fingerprint density at radius 1 is 1.19 bits per heavy atom. The van der Waals surface area contributed by atoms with Gasteiger partial charge in [-0.15, -0.1) is 0 Å². The molecule has 0 aliphatic rings. The number of aliphatic carboxylic acids is 2. The van der Waals surface area contributed by atoms with E-state index in [0.29, 0.717) is 11.5 Å². The highest BCUT2D eigenvalue weighted by molar-refractivity contribution is 14.1. The lowest BCUT2D eigenvalue weighted by Gasteiger charge is -2.14. The lowest BCUT2D eigenvalue weighted by Crippen LogP contribution is -2.69. The molecule has 0 amide bonds. The number of carboxylic acids is 2. The van der Waals surface area contributed by atoms with E-state index >= 15 is 0 Å². The Kier molecular flexibility index (Phi) is 7.06. The molecule has 0 saturated heterocycles. The molecule has 0 aromatic heterocycles. The molecule has 0 spiro atoms. The molecule has 2 aromatic rings. The Hall–Kier alpha value is -1.60. The molecule has 0 bridgehead atoms. The Morgan fingerprint density at radius 3 is 2.35 bits per heavy atom. The summed E-state index contributed by atoms with van der Waals surface area (Å²) >= 11 is 4.16. The van der Waals surface area contributed by atoms with Gasteiger partial charge in [-0.1, -0.05) is 0 Å². The minimum Gasteiger partial charge on any atom is -0.544 e. The SMILES string of the molecule is [NH3+]C(Cc1cc(I)c(Oc2ccc(O)c(CC(=O)O)c2)c(I)c1)C(=O)[O-]. The van der Waals surface area contributed by atoms with Crippen molar-refractivity contribution in [3.63, 3.8) is 0 Å². The van der Waals surface area contributed by atoms with Crippen LogP contribution in [0.25, 0.3) is 0 Å². The largest absolute Gasteiger partial charge is 0.544 e. The van der Waals surface area contributed by atoms with Crippen LogP contribution in [0.1, 0.15) is 11.1 Å². The van der Waals surface area contributed by atoms with Crippen molar-refractivity contribution in [2.75, 3.05) is 0 Å². The number of aromatic hydroxyl groups is 1. The first-order valence-electron chi connectivity index (χ1n) is 7.40. The van der Waals surface area contributed by atoms with Gasteiger partial charge in [0.2, 0.25) is 0 Å². The number of hydrogen-bond acceptors (Lipinski definition) is 5. The molecule has 2 rings (SSSR count). The number of rotatable bonds is 7. The van der Waals surface area contributed by atoms with Crippen LogP contribution in [0.15, 0.2) is 30.3 Å². The van der Waals surface area contributed by atoms with Crippen LogP contribution >= 0.6 is 45.2 Å². The Morgan fingerprint density at radius 2 is 1.81 bits per heavy atom. The second kappa shape index (κ2) is 8.86. The van der Waals surface area contributed by atoms with Crippen molar-refractivity contribution in [1.29, 1.82) is 0 Å². The summed E-state index contributed by atoms with van der Waals surface area (Å²) in [5.41, 5.74) is 4.61. The van der Waals surface area contributed by atoms with Gasteiger partial charge in [0.25, 0.3) is 0 Å². The molecule has 138 valence electrons. The quantitative estimate of drug-likeness (QED) is 0.416. The minimum absolute atomic E-state index is 0.108. The molecule has 0 saturated carbocycles. The summed E-state index contributed by atoms with van der Waals surface area (Å²) in [6.07, 6.45) is -0.0686. The summed E-state index contributed by atoms with van der Waals surface area (Å²) in [7, 11) is 0. The molecular weight excluding hydrogens is 568 g/mol. The van der Waals surface area contributed by atoms with Crippen LogP contribution in [0.3, 0.4) is 0 Å². The van der Waals surface area contributed by atoms with E-state index in [1.807, 2.05) is 0 Å². The van der Waals surface area contributed by atoms with Gasteiger partial charge in [-0.05, 0) is 81.1 Å². The molecule has 9 heteroatoms. The standard InChI is InChI=1S/C17H15I2NO6/c18-11-3-8(5-13(20)17(24)25)4-12(19)16(11)26-10-1-2-14(21)9(6-10)7-15(22)23/h1-4,6,13,21H,5,7,20H2,(H,22,23)(H,24,25). The van der Waals surface area contributed by atoms with Gasteiger partial charge in [0.05, 0.1) is 19.5 Å². The number of quaternary nitrogens is 1. The molecule has 2 aromatic carbocycles. The van der Waals surface area contributed by atoms with E-state index in [-0.39, 0.29) is 24.2 Å². The molecule has 1 unspecified atom stereocenters. The summed E-state index contributed by atoms with van der Waals surface area (Å²) in [4.78, 5) is 21.7. The summed E-state index contributed by atoms with van der Waals surface area (Å²) in [5.74, 6) is -1.40. The zero-order chi connectivity index (χ0) is 19.4. The number of benzene rings is 2. The summed E-state index contributed by atoms with van der Waals surface area (Å²) in [6.45, 7) is 0. The number of phenolic OH excluding ortho intramolecular Hbond substituents is 1. The average molecular weight is 583 g/mol. The molecule has 0 fully saturated rings. The van der Waals surface area contributed by atoms with Crippen molar-refractivity contribution in [1.82, 2.24) is 0 Å². The molecule has 0 heterocycles. The lowest BCUT2D eigenvalue weighted by molar-refractivity contribution is -0.437. The van der Waals surface area contributed by atoms with Gasteiger partial charge < -0.3 is 30.6 Å². The highest BCUT2D eigenvalue weighted by Crippen LogP contribution is 2.34. The van der Waals surface area contributed by atoms with Gasteiger partial charge in [-0.3, -0.25) is 4.79 Å². The third kappa shape index (κ3) is 5.45. The fourth-order valence-electron chi connectivity index (χ4n) is 2.24. The fraction of sp³-hybridized carbons (Fsp3) is 0.176. The van der Waals surface area contributed by atoms with E-state index in [9.17, 15) is 19.8 Å². The van der Waals surface area contributed by atoms with Crippen LogP contribution in [0.4, 0.5) is 0 Å². The van der Waals surface area contributed by atoms with Crippen LogP contribution in [-0.2, 0) is 22.4 Å². The van der Waals surface area contributed by atoms with Gasteiger partial charge in [0.15, 0.2) is 5.75 Å². The van der Waals surface area contributed by atoms with Crippen molar-refractivity contribution in [3.8, 4) is 17.2 Å². The van der Waals surface area contributed by atoms with Gasteiger partial charge in [0, 0.05) is 12.0 Å². The molecule has 1 atom stereocenters. The first-order chi connectivity index (χ1) is 12.2. The minimum atomic E-state index is -1.20. The van der Waals surface area contributed by atoms with Gasteiger partial charge >= 0.3 is 5.97 Å². The lowest BCUT2D eigenvalue weighted by atomic mass is 10.1. The first kappa shape index (κ1) is 20.7. The highest BCUT2D eigenvalue weighted by Gasteiger charge is 2.15. The maximum absolute atomic E-state index is 10.9. The smallest absolute Gasteiger partial charge is 0.307 e. The molecule has 0 aliphatic carbocycles.